The van der Waals surface area contributed by atoms with Gasteiger partial charge in [0.1, 0.15) is 12.1 Å². The third kappa shape index (κ3) is 4.90. The van der Waals surface area contributed by atoms with Crippen molar-refractivity contribution in [1.82, 2.24) is 10.2 Å². The standard InChI is InChI=1S/C16H30N2O2S/c1-6-12(4)14-16(20)18(8-7-9-21-5)13(10-11(2)3)15(19)17-14/h11-14H,6-10H2,1-5H3,(H,17,19). The van der Waals surface area contributed by atoms with Gasteiger partial charge in [-0.3, -0.25) is 9.59 Å². The summed E-state index contributed by atoms with van der Waals surface area (Å²) in [4.78, 5) is 27.0. The second-order valence-electron chi connectivity index (χ2n) is 6.40. The van der Waals surface area contributed by atoms with Crippen LogP contribution >= 0.6 is 11.8 Å². The maximum absolute atomic E-state index is 12.8. The molecule has 0 aromatic rings. The van der Waals surface area contributed by atoms with Crippen molar-refractivity contribution in [1.29, 1.82) is 0 Å². The molecule has 5 heteroatoms. The fourth-order valence-corrected chi connectivity index (χ4v) is 3.15. The van der Waals surface area contributed by atoms with Crippen molar-refractivity contribution in [3.8, 4) is 0 Å². The largest absolute Gasteiger partial charge is 0.342 e. The fourth-order valence-electron chi connectivity index (χ4n) is 2.73. The Morgan fingerprint density at radius 3 is 2.48 bits per heavy atom. The van der Waals surface area contributed by atoms with E-state index in [-0.39, 0.29) is 29.8 Å². The summed E-state index contributed by atoms with van der Waals surface area (Å²) in [7, 11) is 0. The fraction of sp³-hybridized carbons (Fsp3) is 0.875. The van der Waals surface area contributed by atoms with Crippen molar-refractivity contribution in [3.63, 3.8) is 0 Å². The normalized spacial score (nSPS) is 24.4. The molecule has 1 aliphatic rings. The molecule has 3 unspecified atom stereocenters. The van der Waals surface area contributed by atoms with Gasteiger partial charge >= 0.3 is 0 Å². The van der Waals surface area contributed by atoms with Gasteiger partial charge in [-0.2, -0.15) is 11.8 Å². The number of hydrogen-bond donors (Lipinski definition) is 1. The summed E-state index contributed by atoms with van der Waals surface area (Å²) in [6.45, 7) is 8.97. The van der Waals surface area contributed by atoms with Crippen LogP contribution in [0, 0.1) is 11.8 Å². The summed E-state index contributed by atoms with van der Waals surface area (Å²) in [6, 6.07) is -0.639. The monoisotopic (exact) mass is 314 g/mol. The lowest BCUT2D eigenvalue weighted by Crippen LogP contribution is -2.65. The molecule has 0 bridgehead atoms. The quantitative estimate of drug-likeness (QED) is 0.700. The molecule has 1 heterocycles. The third-order valence-electron chi connectivity index (χ3n) is 4.18. The Balaban J connectivity index is 2.88. The van der Waals surface area contributed by atoms with Crippen LogP contribution in [0.2, 0.25) is 0 Å². The number of nitrogens with one attached hydrogen (secondary N) is 1. The number of amides is 2. The van der Waals surface area contributed by atoms with E-state index < -0.39 is 0 Å². The number of hydrogen-bond acceptors (Lipinski definition) is 3. The van der Waals surface area contributed by atoms with E-state index in [0.29, 0.717) is 12.5 Å². The topological polar surface area (TPSA) is 49.4 Å². The van der Waals surface area contributed by atoms with Crippen LogP contribution in [0.15, 0.2) is 0 Å². The number of piperazine rings is 1. The number of carbonyl (C=O) groups is 2. The van der Waals surface area contributed by atoms with E-state index in [2.05, 4.69) is 32.3 Å². The number of nitrogens with zero attached hydrogens (tertiary/aromatic N) is 1. The Morgan fingerprint density at radius 1 is 1.29 bits per heavy atom. The molecule has 21 heavy (non-hydrogen) atoms. The molecule has 4 nitrogen and oxygen atoms in total. The molecule has 1 fully saturated rings. The summed E-state index contributed by atoms with van der Waals surface area (Å²) < 4.78 is 0. The van der Waals surface area contributed by atoms with Crippen LogP contribution in [0.25, 0.3) is 0 Å². The SMILES string of the molecule is CCC(C)C1NC(=O)C(CC(C)C)N(CCCSC)C1=O. The number of carbonyl (C=O) groups excluding carboxylic acids is 2. The third-order valence-corrected chi connectivity index (χ3v) is 4.88. The van der Waals surface area contributed by atoms with Gasteiger partial charge in [0.05, 0.1) is 0 Å². The Kier molecular flexibility index (Phi) is 7.57. The highest BCUT2D eigenvalue weighted by molar-refractivity contribution is 7.98. The van der Waals surface area contributed by atoms with Gasteiger partial charge in [-0.05, 0) is 36.7 Å². The lowest BCUT2D eigenvalue weighted by atomic mass is 9.91. The molecule has 0 aliphatic carbocycles. The van der Waals surface area contributed by atoms with Crippen LogP contribution < -0.4 is 5.32 Å². The zero-order chi connectivity index (χ0) is 16.0. The number of thioether (sulfide) groups is 1. The van der Waals surface area contributed by atoms with Crippen molar-refractivity contribution in [2.24, 2.45) is 11.8 Å². The van der Waals surface area contributed by atoms with Crippen LogP contribution in [0.3, 0.4) is 0 Å². The summed E-state index contributed by atoms with van der Waals surface area (Å²) in [5.74, 6) is 1.74. The molecule has 0 radical (unpaired) electrons. The summed E-state index contributed by atoms with van der Waals surface area (Å²) >= 11 is 1.78. The Bertz CT molecular complexity index is 360. The molecule has 0 saturated carbocycles. The average molecular weight is 314 g/mol. The van der Waals surface area contributed by atoms with E-state index in [1.807, 2.05) is 11.8 Å². The van der Waals surface area contributed by atoms with Gasteiger partial charge in [-0.15, -0.1) is 0 Å². The second-order valence-corrected chi connectivity index (χ2v) is 7.38. The van der Waals surface area contributed by atoms with Gasteiger partial charge in [-0.1, -0.05) is 34.1 Å². The lowest BCUT2D eigenvalue weighted by molar-refractivity contribution is -0.151. The molecule has 1 saturated heterocycles. The summed E-state index contributed by atoms with van der Waals surface area (Å²) in [5, 5.41) is 2.96. The predicted molar refractivity (Wildman–Crippen MR) is 89.3 cm³/mol. The predicted octanol–water partition coefficient (Wildman–Crippen LogP) is 2.53. The molecule has 1 aliphatic heterocycles. The first kappa shape index (κ1) is 18.3. The highest BCUT2D eigenvalue weighted by Gasteiger charge is 2.41. The maximum atomic E-state index is 12.8. The van der Waals surface area contributed by atoms with Gasteiger partial charge in [0, 0.05) is 6.54 Å². The first-order chi connectivity index (χ1) is 9.92. The molecular formula is C16H30N2O2S. The zero-order valence-corrected chi connectivity index (χ0v) is 14.8. The minimum atomic E-state index is -0.347. The minimum Gasteiger partial charge on any atom is -0.342 e. The maximum Gasteiger partial charge on any atom is 0.246 e. The molecule has 3 atom stereocenters. The van der Waals surface area contributed by atoms with Crippen molar-refractivity contribution in [2.75, 3.05) is 18.6 Å². The van der Waals surface area contributed by atoms with Gasteiger partial charge in [0.25, 0.3) is 0 Å². The molecule has 122 valence electrons. The van der Waals surface area contributed by atoms with E-state index in [1.165, 1.54) is 0 Å². The molecular weight excluding hydrogens is 284 g/mol. The van der Waals surface area contributed by atoms with E-state index in [9.17, 15) is 9.59 Å². The van der Waals surface area contributed by atoms with Gasteiger partial charge in [-0.25, -0.2) is 0 Å². The van der Waals surface area contributed by atoms with Crippen LogP contribution in [-0.4, -0.2) is 47.4 Å². The van der Waals surface area contributed by atoms with Crippen LogP contribution in [-0.2, 0) is 9.59 Å². The average Bonchev–Trinajstić information content (AvgIpc) is 2.44. The molecule has 0 aromatic carbocycles. The molecule has 1 rings (SSSR count). The Hall–Kier alpha value is -0.710. The summed E-state index contributed by atoms with van der Waals surface area (Å²) in [6.07, 6.45) is 4.65. The van der Waals surface area contributed by atoms with Gasteiger partial charge in [0.2, 0.25) is 11.8 Å². The van der Waals surface area contributed by atoms with Crippen LogP contribution in [0.5, 0.6) is 0 Å². The zero-order valence-electron chi connectivity index (χ0n) is 14.0. The van der Waals surface area contributed by atoms with Crippen molar-refractivity contribution < 1.29 is 9.59 Å². The van der Waals surface area contributed by atoms with Crippen molar-refractivity contribution in [2.45, 2.75) is 59.0 Å². The highest BCUT2D eigenvalue weighted by Crippen LogP contribution is 2.22. The molecule has 0 spiro atoms. The van der Waals surface area contributed by atoms with Crippen molar-refractivity contribution >= 4 is 23.6 Å². The first-order valence-electron chi connectivity index (χ1n) is 8.02. The van der Waals surface area contributed by atoms with Crippen LogP contribution in [0.4, 0.5) is 0 Å². The van der Waals surface area contributed by atoms with E-state index in [0.717, 1.165) is 25.0 Å². The second kappa shape index (κ2) is 8.66. The number of rotatable bonds is 8. The summed E-state index contributed by atoms with van der Waals surface area (Å²) in [5.41, 5.74) is 0. The molecule has 2 amide bonds. The van der Waals surface area contributed by atoms with Crippen LogP contribution in [0.1, 0.15) is 47.0 Å². The Morgan fingerprint density at radius 2 is 1.95 bits per heavy atom. The minimum absolute atomic E-state index is 0.0257. The molecule has 1 N–H and O–H groups in total. The van der Waals surface area contributed by atoms with E-state index in [1.54, 1.807) is 11.8 Å². The Labute approximate surface area is 133 Å². The lowest BCUT2D eigenvalue weighted by Gasteiger charge is -2.41. The van der Waals surface area contributed by atoms with E-state index in [4.69, 9.17) is 0 Å². The van der Waals surface area contributed by atoms with Gasteiger partial charge < -0.3 is 10.2 Å². The van der Waals surface area contributed by atoms with E-state index >= 15 is 0 Å². The smallest absolute Gasteiger partial charge is 0.246 e. The van der Waals surface area contributed by atoms with Gasteiger partial charge in [0.15, 0.2) is 0 Å². The first-order valence-corrected chi connectivity index (χ1v) is 9.41. The van der Waals surface area contributed by atoms with Crippen molar-refractivity contribution in [3.05, 3.63) is 0 Å². The highest BCUT2D eigenvalue weighted by atomic mass is 32.2. The molecule has 0 aromatic heterocycles.